The molecule has 2 aromatic carbocycles. The van der Waals surface area contributed by atoms with Crippen molar-refractivity contribution in [2.75, 3.05) is 67.6 Å². The first-order valence-corrected chi connectivity index (χ1v) is 23.3. The molecule has 0 radical (unpaired) electrons. The summed E-state index contributed by atoms with van der Waals surface area (Å²) in [5, 5.41) is 26.7. The lowest BCUT2D eigenvalue weighted by atomic mass is 9.73. The largest absolute Gasteiger partial charge is 0.483 e. The van der Waals surface area contributed by atoms with Gasteiger partial charge in [0.05, 0.1) is 17.0 Å². The Morgan fingerprint density at radius 3 is 2.23 bits per heavy atom. The van der Waals surface area contributed by atoms with Crippen molar-refractivity contribution < 1.29 is 33.4 Å². The summed E-state index contributed by atoms with van der Waals surface area (Å²) in [4.78, 5) is 71.6. The van der Waals surface area contributed by atoms with Crippen LogP contribution >= 0.6 is 11.6 Å². The van der Waals surface area contributed by atoms with E-state index in [9.17, 15) is 14.4 Å². The predicted molar refractivity (Wildman–Crippen MR) is 266 cm³/mol. The zero-order valence-corrected chi connectivity index (χ0v) is 39.6. The van der Waals surface area contributed by atoms with E-state index in [1.165, 1.54) is 10.8 Å². The minimum absolute atomic E-state index is 0.0835. The van der Waals surface area contributed by atoms with Crippen molar-refractivity contribution in [2.24, 2.45) is 5.41 Å². The summed E-state index contributed by atoms with van der Waals surface area (Å²) in [5.74, 6) is 0.696. The lowest BCUT2D eigenvalue weighted by Crippen LogP contribution is -2.57. The lowest BCUT2D eigenvalue weighted by molar-refractivity contribution is -0.123. The van der Waals surface area contributed by atoms with Crippen molar-refractivity contribution >= 4 is 64.8 Å². The van der Waals surface area contributed by atoms with Crippen LogP contribution in [0.3, 0.4) is 0 Å². The smallest absolute Gasteiger partial charge is 0.290 e. The van der Waals surface area contributed by atoms with Gasteiger partial charge in [-0.05, 0) is 84.8 Å². The van der Waals surface area contributed by atoms with E-state index in [0.717, 1.165) is 67.9 Å². The zero-order chi connectivity index (χ0) is 49.7. The highest BCUT2D eigenvalue weighted by atomic mass is 35.5. The van der Waals surface area contributed by atoms with E-state index in [0.29, 0.717) is 83.7 Å². The van der Waals surface area contributed by atoms with Crippen molar-refractivity contribution in [2.45, 2.75) is 45.7 Å². The number of pyridine rings is 2. The van der Waals surface area contributed by atoms with Gasteiger partial charge in [0, 0.05) is 94.5 Å². The number of nitrogens with two attached hydrogens (primary N) is 1. The normalized spacial score (nSPS) is 13.9. The number of hydrogen-bond acceptors (Lipinski definition) is 16. The first-order valence-electron chi connectivity index (χ1n) is 23.0. The number of rotatable bonds is 18. The van der Waals surface area contributed by atoms with E-state index in [-0.39, 0.29) is 47.6 Å². The molecule has 3 amide bonds. The van der Waals surface area contributed by atoms with Gasteiger partial charge >= 0.3 is 0 Å². The molecular weight excluding hydrogens is 932 g/mol. The average Bonchev–Trinajstić information content (AvgIpc) is 4.07. The van der Waals surface area contributed by atoms with Crippen molar-refractivity contribution in [1.29, 1.82) is 0 Å². The minimum Gasteiger partial charge on any atom is -0.483 e. The zero-order valence-electron chi connectivity index (χ0n) is 38.9. The monoisotopic (exact) mass is 984 g/mol. The molecule has 0 saturated carbocycles. The number of halogens is 1. The van der Waals surface area contributed by atoms with E-state index in [1.54, 1.807) is 42.7 Å². The minimum atomic E-state index is -0.367. The van der Waals surface area contributed by atoms with E-state index in [1.807, 2.05) is 49.4 Å². The van der Waals surface area contributed by atoms with Gasteiger partial charge in [-0.15, -0.1) is 5.10 Å². The molecule has 0 atom stereocenters. The summed E-state index contributed by atoms with van der Waals surface area (Å²) in [6.07, 6.45) is 8.03. The Morgan fingerprint density at radius 2 is 1.54 bits per heavy atom. The van der Waals surface area contributed by atoms with Gasteiger partial charge in [-0.3, -0.25) is 34.0 Å². The van der Waals surface area contributed by atoms with Gasteiger partial charge in [-0.2, -0.15) is 19.5 Å². The van der Waals surface area contributed by atoms with Crippen LogP contribution in [-0.4, -0.2) is 115 Å². The third-order valence-electron chi connectivity index (χ3n) is 12.1. The fraction of sp³-hybridized carbons (Fsp3) is 0.306. The molecular formula is C49H53ClN14O7. The molecule has 7 aromatic rings. The average molecular weight is 986 g/mol. The standard InChI is InChI=1S/C48H51ClN14O5.CH2O2/c1-30-33(34-7-3-9-36(41(34)49)57-44(66)38-15-13-32(26-55-38)27-62-28-48(29-62)16-22-67-23-17-48)6-2-8-35(30)56-43(65)37-14-12-31(25-54-37)24-51-19-20-52-40(64)11-4-18-53-46-59-45(50)63-47(60-46)58-42(61-63)39-10-5-21-68-39;2-1-3/h2-3,5-10,12-15,21,25-26,51H,4,11,16-20,22-24,27-29H2,1H3,(H,52,64)(H,56,65)(H,57,66)(H3,50,53,58,59,60,61);1H,(H,2,3). The van der Waals surface area contributed by atoms with Crippen molar-refractivity contribution in [1.82, 2.24) is 50.1 Å². The van der Waals surface area contributed by atoms with Gasteiger partial charge in [-0.25, -0.2) is 0 Å². The van der Waals surface area contributed by atoms with Crippen LogP contribution in [0, 0.1) is 12.3 Å². The summed E-state index contributed by atoms with van der Waals surface area (Å²) in [6, 6.07) is 21.7. The quantitative estimate of drug-likeness (QED) is 0.0401. The number of ether oxygens (including phenoxy) is 1. The molecule has 2 saturated heterocycles. The maximum absolute atomic E-state index is 13.3. The molecule has 5 aromatic heterocycles. The van der Waals surface area contributed by atoms with Gasteiger partial charge < -0.3 is 46.6 Å². The molecule has 22 heteroatoms. The van der Waals surface area contributed by atoms with Gasteiger partial charge in [-0.1, -0.05) is 48.0 Å². The Bertz CT molecular complexity index is 2960. The van der Waals surface area contributed by atoms with Crippen LogP contribution < -0.4 is 32.3 Å². The van der Waals surface area contributed by atoms with Crippen LogP contribution in [0.15, 0.2) is 95.9 Å². The van der Waals surface area contributed by atoms with E-state index in [2.05, 4.69) is 61.5 Å². The number of carbonyl (C=O) groups excluding carboxylic acids is 3. The summed E-state index contributed by atoms with van der Waals surface area (Å²) < 4.78 is 12.2. The van der Waals surface area contributed by atoms with Crippen LogP contribution in [0.25, 0.3) is 28.5 Å². The predicted octanol–water partition coefficient (Wildman–Crippen LogP) is 5.70. The highest BCUT2D eigenvalue weighted by Crippen LogP contribution is 2.41. The first-order chi connectivity index (χ1) is 34.5. The number of nitrogens with one attached hydrogen (secondary N) is 5. The Hall–Kier alpha value is -7.85. The molecule has 0 unspecified atom stereocenters. The van der Waals surface area contributed by atoms with Crippen molar-refractivity contribution in [3.63, 3.8) is 0 Å². The molecule has 7 heterocycles. The number of likely N-dealkylation sites (tertiary alicyclic amines) is 1. The third kappa shape index (κ3) is 12.5. The topological polar surface area (TPSA) is 282 Å². The number of nitrogens with zero attached hydrogens (tertiary/aromatic N) is 8. The molecule has 2 aliphatic heterocycles. The Labute approximate surface area is 413 Å². The van der Waals surface area contributed by atoms with Gasteiger partial charge in [0.25, 0.3) is 24.1 Å². The number of nitrogen functional groups attached to an aromatic ring is 1. The molecule has 1 spiro atoms. The Kier molecular flexibility index (Phi) is 16.2. The van der Waals surface area contributed by atoms with Crippen molar-refractivity contribution in [3.8, 4) is 22.7 Å². The van der Waals surface area contributed by atoms with E-state index < -0.39 is 0 Å². The van der Waals surface area contributed by atoms with Crippen LogP contribution in [0.2, 0.25) is 5.02 Å². The second-order valence-electron chi connectivity index (χ2n) is 17.1. The SMILES string of the molecule is Cc1c(NC(=O)c2ccc(CNCCNC(=O)CCCNc3nc(N)n4nc(-c5ccco5)nc4n3)cn2)cccc1-c1cccc(NC(=O)c2ccc(CN3CC4(CCOCC4)C3)cn2)c1Cl.O=CO. The van der Waals surface area contributed by atoms with Crippen LogP contribution in [-0.2, 0) is 27.4 Å². The molecule has 71 heavy (non-hydrogen) atoms. The maximum atomic E-state index is 13.3. The summed E-state index contributed by atoms with van der Waals surface area (Å²) in [5.41, 5.74) is 12.3. The number of aromatic nitrogens is 7. The number of carboxylic acid groups (broad SMARTS) is 1. The second-order valence-corrected chi connectivity index (χ2v) is 17.5. The number of carbonyl (C=O) groups is 4. The highest BCUT2D eigenvalue weighted by molar-refractivity contribution is 6.36. The summed E-state index contributed by atoms with van der Waals surface area (Å²) >= 11 is 6.93. The molecule has 2 aliphatic rings. The molecule has 21 nitrogen and oxygen atoms in total. The second kappa shape index (κ2) is 23.2. The fourth-order valence-electron chi connectivity index (χ4n) is 8.44. The van der Waals surface area contributed by atoms with Crippen LogP contribution in [0.1, 0.15) is 63.4 Å². The van der Waals surface area contributed by atoms with E-state index >= 15 is 0 Å². The number of amides is 3. The Morgan fingerprint density at radius 1 is 0.845 bits per heavy atom. The third-order valence-corrected chi connectivity index (χ3v) is 12.5. The number of fused-ring (bicyclic) bond motifs is 1. The Balaban J connectivity index is 0.00000220. The maximum Gasteiger partial charge on any atom is 0.290 e. The van der Waals surface area contributed by atoms with Gasteiger partial charge in [0.2, 0.25) is 23.6 Å². The van der Waals surface area contributed by atoms with Crippen LogP contribution in [0.4, 0.5) is 23.3 Å². The van der Waals surface area contributed by atoms with E-state index in [4.69, 9.17) is 36.4 Å². The number of anilines is 4. The van der Waals surface area contributed by atoms with Crippen molar-refractivity contribution in [3.05, 3.63) is 125 Å². The molecule has 2 fully saturated rings. The highest BCUT2D eigenvalue weighted by Gasteiger charge is 2.43. The first kappa shape index (κ1) is 49.6. The molecule has 368 valence electrons. The molecule has 0 aliphatic carbocycles. The molecule has 8 N–H and O–H groups in total. The van der Waals surface area contributed by atoms with Crippen LogP contribution in [0.5, 0.6) is 0 Å². The summed E-state index contributed by atoms with van der Waals surface area (Å²) in [7, 11) is 0. The summed E-state index contributed by atoms with van der Waals surface area (Å²) in [6.45, 7) is 8.20. The molecule has 0 bridgehead atoms. The van der Waals surface area contributed by atoms with Gasteiger partial charge in [0.1, 0.15) is 11.4 Å². The fourth-order valence-corrected chi connectivity index (χ4v) is 8.71. The number of hydrogen-bond donors (Lipinski definition) is 7. The lowest BCUT2D eigenvalue weighted by Gasteiger charge is -2.52. The number of benzene rings is 2. The number of furan rings is 1. The molecule has 9 rings (SSSR count). The van der Waals surface area contributed by atoms with Gasteiger partial charge in [0.15, 0.2) is 5.76 Å².